The molecular formula is C9H16O4S. The van der Waals surface area contributed by atoms with Gasteiger partial charge in [-0.25, -0.2) is 8.42 Å². The summed E-state index contributed by atoms with van der Waals surface area (Å²) in [6.45, 7) is 6.45. The maximum absolute atomic E-state index is 11.7. The van der Waals surface area contributed by atoms with Crippen molar-refractivity contribution in [3.05, 3.63) is 12.7 Å². The molecule has 0 aromatic rings. The van der Waals surface area contributed by atoms with E-state index in [4.69, 9.17) is 5.11 Å². The first-order valence-electron chi connectivity index (χ1n) is 4.44. The van der Waals surface area contributed by atoms with Gasteiger partial charge in [0.15, 0.2) is 14.6 Å². The van der Waals surface area contributed by atoms with E-state index >= 15 is 0 Å². The van der Waals surface area contributed by atoms with Crippen molar-refractivity contribution < 1.29 is 18.3 Å². The first-order valence-corrected chi connectivity index (χ1v) is 6.09. The van der Waals surface area contributed by atoms with Gasteiger partial charge in [0, 0.05) is 0 Å². The molecule has 0 rings (SSSR count). The van der Waals surface area contributed by atoms with Crippen LogP contribution in [0.4, 0.5) is 0 Å². The summed E-state index contributed by atoms with van der Waals surface area (Å²) >= 11 is 0. The molecule has 0 amide bonds. The lowest BCUT2D eigenvalue weighted by atomic mass is 10.0. The smallest absolute Gasteiger partial charge is 0.325 e. The second kappa shape index (κ2) is 4.59. The molecule has 0 unspecified atom stereocenters. The molecule has 4 nitrogen and oxygen atoms in total. The summed E-state index contributed by atoms with van der Waals surface area (Å²) in [5, 5.41) is 8.97. The fourth-order valence-electron chi connectivity index (χ4n) is 1.44. The lowest BCUT2D eigenvalue weighted by Crippen LogP contribution is -2.46. The van der Waals surface area contributed by atoms with Gasteiger partial charge in [0.05, 0.1) is 5.75 Å². The molecule has 5 heteroatoms. The van der Waals surface area contributed by atoms with E-state index in [1.54, 1.807) is 13.8 Å². The average molecular weight is 220 g/mol. The molecular weight excluding hydrogens is 204 g/mol. The second-order valence-corrected chi connectivity index (χ2v) is 5.42. The van der Waals surface area contributed by atoms with E-state index in [0.29, 0.717) is 0 Å². The van der Waals surface area contributed by atoms with E-state index in [1.165, 1.54) is 6.08 Å². The number of sulfone groups is 1. The largest absolute Gasteiger partial charge is 0.480 e. The minimum atomic E-state index is -3.65. The monoisotopic (exact) mass is 220 g/mol. The highest BCUT2D eigenvalue weighted by Crippen LogP contribution is 2.27. The van der Waals surface area contributed by atoms with Gasteiger partial charge in [0.25, 0.3) is 0 Å². The van der Waals surface area contributed by atoms with Gasteiger partial charge in [-0.15, -0.1) is 6.58 Å². The van der Waals surface area contributed by atoms with Crippen LogP contribution in [-0.4, -0.2) is 30.0 Å². The Balaban J connectivity index is 5.40. The van der Waals surface area contributed by atoms with Crippen LogP contribution in [0.3, 0.4) is 0 Å². The van der Waals surface area contributed by atoms with Crippen LogP contribution in [0.5, 0.6) is 0 Å². The third kappa shape index (κ3) is 1.97. The third-order valence-electron chi connectivity index (χ3n) is 2.46. The first kappa shape index (κ1) is 13.2. The number of carboxylic acids is 1. The Morgan fingerprint density at radius 2 is 1.86 bits per heavy atom. The lowest BCUT2D eigenvalue weighted by Gasteiger charge is -2.25. The maximum atomic E-state index is 11.7. The molecule has 0 heterocycles. The SMILES string of the molecule is C=CCS(=O)(=O)C(CC)(CC)C(=O)O. The Hall–Kier alpha value is -0.840. The van der Waals surface area contributed by atoms with Crippen molar-refractivity contribution >= 4 is 15.8 Å². The summed E-state index contributed by atoms with van der Waals surface area (Å²) in [6, 6.07) is 0. The zero-order valence-electron chi connectivity index (χ0n) is 8.49. The average Bonchev–Trinajstić information content (AvgIpc) is 2.05. The molecule has 0 saturated carbocycles. The first-order chi connectivity index (χ1) is 6.38. The minimum Gasteiger partial charge on any atom is -0.480 e. The standard InChI is InChI=1S/C9H16O4S/c1-4-7-14(12,13)9(5-2,6-3)8(10)11/h4H,1,5-7H2,2-3H3,(H,10,11). The quantitative estimate of drug-likeness (QED) is 0.683. The van der Waals surface area contributed by atoms with Crippen LogP contribution in [-0.2, 0) is 14.6 Å². The topological polar surface area (TPSA) is 71.4 Å². The van der Waals surface area contributed by atoms with Crippen LogP contribution >= 0.6 is 0 Å². The highest BCUT2D eigenvalue weighted by atomic mass is 32.2. The van der Waals surface area contributed by atoms with E-state index in [2.05, 4.69) is 6.58 Å². The van der Waals surface area contributed by atoms with E-state index in [0.717, 1.165) is 0 Å². The highest BCUT2D eigenvalue weighted by molar-refractivity contribution is 7.93. The second-order valence-electron chi connectivity index (χ2n) is 3.08. The molecule has 0 bridgehead atoms. The normalized spacial score (nSPS) is 12.4. The number of carboxylic acid groups (broad SMARTS) is 1. The molecule has 0 aromatic heterocycles. The van der Waals surface area contributed by atoms with Crippen molar-refractivity contribution in [2.24, 2.45) is 0 Å². The summed E-state index contributed by atoms with van der Waals surface area (Å²) < 4.78 is 21.8. The Morgan fingerprint density at radius 1 is 1.43 bits per heavy atom. The molecule has 0 fully saturated rings. The van der Waals surface area contributed by atoms with Crippen LogP contribution in [0, 0.1) is 0 Å². The van der Waals surface area contributed by atoms with Crippen LogP contribution < -0.4 is 0 Å². The van der Waals surface area contributed by atoms with Gasteiger partial charge in [0.2, 0.25) is 0 Å². The van der Waals surface area contributed by atoms with Crippen molar-refractivity contribution in [3.63, 3.8) is 0 Å². The fourth-order valence-corrected chi connectivity index (χ4v) is 3.22. The number of carbonyl (C=O) groups is 1. The Morgan fingerprint density at radius 3 is 2.07 bits per heavy atom. The number of hydrogen-bond donors (Lipinski definition) is 1. The van der Waals surface area contributed by atoms with Crippen LogP contribution in [0.25, 0.3) is 0 Å². The highest BCUT2D eigenvalue weighted by Gasteiger charge is 2.46. The summed E-state index contributed by atoms with van der Waals surface area (Å²) in [6.07, 6.45) is 1.38. The van der Waals surface area contributed by atoms with Gasteiger partial charge in [-0.3, -0.25) is 4.79 Å². The molecule has 0 atom stereocenters. The summed E-state index contributed by atoms with van der Waals surface area (Å²) in [5.74, 6) is -1.56. The zero-order chi connectivity index (χ0) is 11.4. The number of hydrogen-bond acceptors (Lipinski definition) is 3. The Labute approximate surface area is 84.6 Å². The van der Waals surface area contributed by atoms with E-state index in [-0.39, 0.29) is 18.6 Å². The molecule has 82 valence electrons. The van der Waals surface area contributed by atoms with Crippen molar-refractivity contribution in [1.29, 1.82) is 0 Å². The van der Waals surface area contributed by atoms with Crippen LogP contribution in [0.1, 0.15) is 26.7 Å². The zero-order valence-corrected chi connectivity index (χ0v) is 9.30. The van der Waals surface area contributed by atoms with Gasteiger partial charge in [-0.2, -0.15) is 0 Å². The predicted molar refractivity (Wildman–Crippen MR) is 54.9 cm³/mol. The van der Waals surface area contributed by atoms with E-state index < -0.39 is 20.6 Å². The Bertz CT molecular complexity index is 312. The molecule has 0 spiro atoms. The molecule has 14 heavy (non-hydrogen) atoms. The molecule has 0 aliphatic rings. The van der Waals surface area contributed by atoms with Gasteiger partial charge in [0.1, 0.15) is 0 Å². The molecule has 0 aromatic carbocycles. The number of rotatable bonds is 6. The predicted octanol–water partition coefficient (Wildman–Crippen LogP) is 1.23. The maximum Gasteiger partial charge on any atom is 0.325 e. The van der Waals surface area contributed by atoms with Crippen LogP contribution in [0.15, 0.2) is 12.7 Å². The van der Waals surface area contributed by atoms with Crippen molar-refractivity contribution in [2.45, 2.75) is 31.4 Å². The molecule has 0 aliphatic heterocycles. The van der Waals surface area contributed by atoms with E-state index in [9.17, 15) is 13.2 Å². The summed E-state index contributed by atoms with van der Waals surface area (Å²) in [7, 11) is -3.65. The van der Waals surface area contributed by atoms with Crippen molar-refractivity contribution in [1.82, 2.24) is 0 Å². The molecule has 0 aliphatic carbocycles. The summed E-state index contributed by atoms with van der Waals surface area (Å²) in [5.41, 5.74) is 0. The van der Waals surface area contributed by atoms with Crippen molar-refractivity contribution in [3.8, 4) is 0 Å². The van der Waals surface area contributed by atoms with Crippen molar-refractivity contribution in [2.75, 3.05) is 5.75 Å². The minimum absolute atomic E-state index is 0.0784. The van der Waals surface area contributed by atoms with Gasteiger partial charge < -0.3 is 5.11 Å². The molecule has 0 saturated heterocycles. The van der Waals surface area contributed by atoms with E-state index in [1.807, 2.05) is 0 Å². The summed E-state index contributed by atoms with van der Waals surface area (Å²) in [4.78, 5) is 11.0. The van der Waals surface area contributed by atoms with Gasteiger partial charge in [-0.1, -0.05) is 19.9 Å². The molecule has 1 N–H and O–H groups in total. The van der Waals surface area contributed by atoms with Gasteiger partial charge in [-0.05, 0) is 12.8 Å². The van der Waals surface area contributed by atoms with Gasteiger partial charge >= 0.3 is 5.97 Å². The fraction of sp³-hybridized carbons (Fsp3) is 0.667. The third-order valence-corrected chi connectivity index (χ3v) is 5.08. The molecule has 0 radical (unpaired) electrons. The number of aliphatic carboxylic acids is 1. The lowest BCUT2D eigenvalue weighted by molar-refractivity contribution is -0.140. The van der Waals surface area contributed by atoms with Crippen LogP contribution in [0.2, 0.25) is 0 Å². The Kier molecular flexibility index (Phi) is 4.32.